The zero-order valence-electron chi connectivity index (χ0n) is 12.2. The molecule has 3 aromatic rings. The van der Waals surface area contributed by atoms with E-state index in [0.29, 0.717) is 6.54 Å². The third-order valence-electron chi connectivity index (χ3n) is 3.64. The number of rotatable bonds is 3. The van der Waals surface area contributed by atoms with Gasteiger partial charge in [0.05, 0.1) is 5.56 Å². The van der Waals surface area contributed by atoms with Crippen LogP contribution in [0.15, 0.2) is 55.0 Å². The highest BCUT2D eigenvalue weighted by Gasteiger charge is 2.17. The molecule has 3 rings (SSSR count). The van der Waals surface area contributed by atoms with Crippen LogP contribution in [0.3, 0.4) is 0 Å². The number of aryl methyl sites for hydroxylation is 1. The lowest BCUT2D eigenvalue weighted by atomic mass is 10.1. The Morgan fingerprint density at radius 2 is 1.90 bits per heavy atom. The molecular formula is C17H17N3O. The fourth-order valence-corrected chi connectivity index (χ4v) is 2.55. The van der Waals surface area contributed by atoms with Gasteiger partial charge in [-0.1, -0.05) is 18.2 Å². The van der Waals surface area contributed by atoms with E-state index >= 15 is 0 Å². The molecule has 1 amide bonds. The van der Waals surface area contributed by atoms with Crippen molar-refractivity contribution < 1.29 is 4.79 Å². The average molecular weight is 279 g/mol. The van der Waals surface area contributed by atoms with Crippen molar-refractivity contribution in [2.75, 3.05) is 7.05 Å². The number of nitrogens with zero attached hydrogens (tertiary/aromatic N) is 3. The summed E-state index contributed by atoms with van der Waals surface area (Å²) in [6, 6.07) is 11.8. The maximum absolute atomic E-state index is 12.7. The Hall–Kier alpha value is -2.62. The number of amides is 1. The van der Waals surface area contributed by atoms with Crippen molar-refractivity contribution >= 4 is 16.8 Å². The van der Waals surface area contributed by atoms with Gasteiger partial charge in [0.2, 0.25) is 0 Å². The number of carbonyl (C=O) groups excluding carboxylic acids is 1. The van der Waals surface area contributed by atoms with Gasteiger partial charge in [-0.15, -0.1) is 0 Å². The number of pyridine rings is 1. The fourth-order valence-electron chi connectivity index (χ4n) is 2.55. The highest BCUT2D eigenvalue weighted by atomic mass is 16.2. The number of benzene rings is 1. The normalized spacial score (nSPS) is 10.8. The number of para-hydroxylation sites is 1. The van der Waals surface area contributed by atoms with E-state index < -0.39 is 0 Å². The summed E-state index contributed by atoms with van der Waals surface area (Å²) >= 11 is 0. The Kier molecular flexibility index (Phi) is 3.44. The van der Waals surface area contributed by atoms with Crippen molar-refractivity contribution in [3.63, 3.8) is 0 Å². The summed E-state index contributed by atoms with van der Waals surface area (Å²) in [5.74, 6) is 0.0311. The monoisotopic (exact) mass is 279 g/mol. The predicted octanol–water partition coefficient (Wildman–Crippen LogP) is 2.85. The molecule has 0 bridgehead atoms. The topological polar surface area (TPSA) is 38.1 Å². The van der Waals surface area contributed by atoms with Crippen LogP contribution < -0.4 is 0 Å². The minimum Gasteiger partial charge on any atom is -0.350 e. The van der Waals surface area contributed by atoms with Gasteiger partial charge in [0.25, 0.3) is 5.91 Å². The number of hydrogen-bond acceptors (Lipinski definition) is 2. The first-order chi connectivity index (χ1) is 10.2. The zero-order chi connectivity index (χ0) is 14.8. The first kappa shape index (κ1) is 13.4. The SMILES string of the molecule is CN(Cc1ccncc1)C(=O)c1cn(C)c2ccccc12. The van der Waals surface area contributed by atoms with E-state index in [4.69, 9.17) is 0 Å². The van der Waals surface area contributed by atoms with Gasteiger partial charge in [0, 0.05) is 50.1 Å². The molecule has 1 aromatic carbocycles. The lowest BCUT2D eigenvalue weighted by Gasteiger charge is -2.16. The lowest BCUT2D eigenvalue weighted by Crippen LogP contribution is -2.26. The summed E-state index contributed by atoms with van der Waals surface area (Å²) in [7, 11) is 3.78. The Morgan fingerprint density at radius 3 is 2.67 bits per heavy atom. The van der Waals surface area contributed by atoms with Gasteiger partial charge in [-0.2, -0.15) is 0 Å². The van der Waals surface area contributed by atoms with Crippen LogP contribution in [0.25, 0.3) is 10.9 Å². The highest BCUT2D eigenvalue weighted by Crippen LogP contribution is 2.21. The van der Waals surface area contributed by atoms with Crippen molar-refractivity contribution in [3.05, 3.63) is 66.1 Å². The van der Waals surface area contributed by atoms with Gasteiger partial charge < -0.3 is 9.47 Å². The highest BCUT2D eigenvalue weighted by molar-refractivity contribution is 6.06. The largest absolute Gasteiger partial charge is 0.350 e. The van der Waals surface area contributed by atoms with Gasteiger partial charge in [-0.25, -0.2) is 0 Å². The Bertz CT molecular complexity index is 777. The molecule has 0 spiro atoms. The molecule has 0 aliphatic carbocycles. The van der Waals surface area contributed by atoms with Crippen LogP contribution in [0.2, 0.25) is 0 Å². The second-order valence-corrected chi connectivity index (χ2v) is 5.19. The van der Waals surface area contributed by atoms with Crippen LogP contribution in [0, 0.1) is 0 Å². The predicted molar refractivity (Wildman–Crippen MR) is 83.0 cm³/mol. The molecule has 0 atom stereocenters. The van der Waals surface area contributed by atoms with E-state index in [2.05, 4.69) is 4.98 Å². The van der Waals surface area contributed by atoms with Crippen LogP contribution in [0.1, 0.15) is 15.9 Å². The maximum atomic E-state index is 12.7. The molecule has 0 saturated carbocycles. The molecule has 0 N–H and O–H groups in total. The first-order valence-corrected chi connectivity index (χ1v) is 6.85. The van der Waals surface area contributed by atoms with E-state index in [1.54, 1.807) is 17.3 Å². The van der Waals surface area contributed by atoms with Crippen molar-refractivity contribution in [2.24, 2.45) is 7.05 Å². The molecule has 4 heteroatoms. The van der Waals surface area contributed by atoms with Crippen LogP contribution in [-0.4, -0.2) is 27.4 Å². The summed E-state index contributed by atoms with van der Waals surface area (Å²) in [5, 5.41) is 0.992. The van der Waals surface area contributed by atoms with E-state index in [-0.39, 0.29) is 5.91 Å². The summed E-state index contributed by atoms with van der Waals surface area (Å²) in [6.07, 6.45) is 5.38. The third kappa shape index (κ3) is 2.52. The quantitative estimate of drug-likeness (QED) is 0.739. The van der Waals surface area contributed by atoms with Crippen LogP contribution in [0.4, 0.5) is 0 Å². The van der Waals surface area contributed by atoms with Crippen molar-refractivity contribution in [1.82, 2.24) is 14.5 Å². The van der Waals surface area contributed by atoms with E-state index in [1.165, 1.54) is 0 Å². The van der Waals surface area contributed by atoms with E-state index in [1.807, 2.05) is 61.3 Å². The number of aromatic nitrogens is 2. The summed E-state index contributed by atoms with van der Waals surface area (Å²) in [5.41, 5.74) is 2.88. The van der Waals surface area contributed by atoms with Gasteiger partial charge in [0.15, 0.2) is 0 Å². The second kappa shape index (κ2) is 5.40. The first-order valence-electron chi connectivity index (χ1n) is 6.85. The van der Waals surface area contributed by atoms with Crippen LogP contribution in [0.5, 0.6) is 0 Å². The third-order valence-corrected chi connectivity index (χ3v) is 3.64. The minimum absolute atomic E-state index is 0.0311. The molecule has 0 aliphatic rings. The molecule has 21 heavy (non-hydrogen) atoms. The van der Waals surface area contributed by atoms with Crippen molar-refractivity contribution in [2.45, 2.75) is 6.54 Å². The Labute approximate surface area is 123 Å². The average Bonchev–Trinajstić information content (AvgIpc) is 2.85. The molecule has 2 heterocycles. The Morgan fingerprint density at radius 1 is 1.19 bits per heavy atom. The summed E-state index contributed by atoms with van der Waals surface area (Å²) < 4.78 is 1.99. The molecule has 2 aromatic heterocycles. The molecule has 4 nitrogen and oxygen atoms in total. The lowest BCUT2D eigenvalue weighted by molar-refractivity contribution is 0.0787. The fraction of sp³-hybridized carbons (Fsp3) is 0.176. The van der Waals surface area contributed by atoms with Gasteiger partial charge >= 0.3 is 0 Å². The Balaban J connectivity index is 1.90. The van der Waals surface area contributed by atoms with Gasteiger partial charge in [-0.3, -0.25) is 9.78 Å². The van der Waals surface area contributed by atoms with Crippen LogP contribution in [-0.2, 0) is 13.6 Å². The molecule has 0 fully saturated rings. The second-order valence-electron chi connectivity index (χ2n) is 5.19. The standard InChI is InChI=1S/C17H17N3O/c1-19-12-15(14-5-3-4-6-16(14)19)17(21)20(2)11-13-7-9-18-10-8-13/h3-10,12H,11H2,1-2H3. The van der Waals surface area contributed by atoms with Crippen LogP contribution >= 0.6 is 0 Å². The van der Waals surface area contributed by atoms with Crippen molar-refractivity contribution in [1.29, 1.82) is 0 Å². The summed E-state index contributed by atoms with van der Waals surface area (Å²) in [4.78, 5) is 18.4. The maximum Gasteiger partial charge on any atom is 0.256 e. The van der Waals surface area contributed by atoms with Gasteiger partial charge in [-0.05, 0) is 23.8 Å². The molecule has 0 unspecified atom stereocenters. The van der Waals surface area contributed by atoms with E-state index in [0.717, 1.165) is 22.0 Å². The molecule has 106 valence electrons. The molecule has 0 saturated heterocycles. The number of fused-ring (bicyclic) bond motifs is 1. The number of carbonyl (C=O) groups is 1. The molecule has 0 aliphatic heterocycles. The molecule has 0 radical (unpaired) electrons. The molecular weight excluding hydrogens is 262 g/mol. The minimum atomic E-state index is 0.0311. The van der Waals surface area contributed by atoms with E-state index in [9.17, 15) is 4.79 Å². The smallest absolute Gasteiger partial charge is 0.256 e. The van der Waals surface area contributed by atoms with Gasteiger partial charge in [0.1, 0.15) is 0 Å². The number of hydrogen-bond donors (Lipinski definition) is 0. The van der Waals surface area contributed by atoms with Crippen molar-refractivity contribution in [3.8, 4) is 0 Å². The summed E-state index contributed by atoms with van der Waals surface area (Å²) in [6.45, 7) is 0.574. The zero-order valence-corrected chi connectivity index (χ0v) is 12.2.